The van der Waals surface area contributed by atoms with Gasteiger partial charge in [0.15, 0.2) is 0 Å². The summed E-state index contributed by atoms with van der Waals surface area (Å²) in [6.07, 6.45) is 0.611. The maximum Gasteiger partial charge on any atom is 0.243 e. The second-order valence-electron chi connectivity index (χ2n) is 3.57. The summed E-state index contributed by atoms with van der Waals surface area (Å²) in [7, 11) is 1.68. The molecule has 1 atom stereocenters. The summed E-state index contributed by atoms with van der Waals surface area (Å²) in [6, 6.07) is 8.38. The Bertz CT molecular complexity index is 405. The van der Waals surface area contributed by atoms with Crippen molar-refractivity contribution in [3.05, 3.63) is 29.8 Å². The fraction of sp³-hybridized carbons (Fsp3) is 0.333. The molecule has 0 saturated heterocycles. The van der Waals surface area contributed by atoms with E-state index in [0.717, 1.165) is 5.69 Å². The minimum absolute atomic E-state index is 0.118. The van der Waals surface area contributed by atoms with Crippen LogP contribution in [0.3, 0.4) is 0 Å². The molecule has 0 fully saturated rings. The van der Waals surface area contributed by atoms with Crippen LogP contribution in [-0.4, -0.2) is 19.0 Å². The Balaban J connectivity index is 2.84. The van der Waals surface area contributed by atoms with Crippen LogP contribution < -0.4 is 10.6 Å². The van der Waals surface area contributed by atoms with Crippen molar-refractivity contribution in [3.8, 4) is 6.07 Å². The van der Waals surface area contributed by atoms with E-state index in [1.165, 1.54) is 4.90 Å². The standard InChI is InChI=1S/C12H15N3O/c1-3-11(14)12(16)15(2)10-6-4-9(8-13)5-7-10/h4-7,11H,3,14H2,1-2H3/t11-/m1/s1. The van der Waals surface area contributed by atoms with Crippen molar-refractivity contribution in [2.75, 3.05) is 11.9 Å². The molecule has 16 heavy (non-hydrogen) atoms. The van der Waals surface area contributed by atoms with Gasteiger partial charge in [-0.1, -0.05) is 6.92 Å². The van der Waals surface area contributed by atoms with Crippen molar-refractivity contribution >= 4 is 11.6 Å². The number of carbonyl (C=O) groups excluding carboxylic acids is 1. The van der Waals surface area contributed by atoms with Crippen LogP contribution in [-0.2, 0) is 4.79 Å². The number of nitrogens with zero attached hydrogens (tertiary/aromatic N) is 2. The monoisotopic (exact) mass is 217 g/mol. The van der Waals surface area contributed by atoms with E-state index in [0.29, 0.717) is 12.0 Å². The van der Waals surface area contributed by atoms with Crippen molar-refractivity contribution in [2.45, 2.75) is 19.4 Å². The number of anilines is 1. The molecule has 1 rings (SSSR count). The molecule has 0 saturated carbocycles. The minimum atomic E-state index is -0.472. The van der Waals surface area contributed by atoms with E-state index in [9.17, 15) is 4.79 Å². The fourth-order valence-corrected chi connectivity index (χ4v) is 1.31. The van der Waals surface area contributed by atoms with Gasteiger partial charge in [-0.2, -0.15) is 5.26 Å². The van der Waals surface area contributed by atoms with Crippen molar-refractivity contribution in [2.24, 2.45) is 5.73 Å². The highest BCUT2D eigenvalue weighted by atomic mass is 16.2. The molecule has 0 aliphatic carbocycles. The molecule has 84 valence electrons. The van der Waals surface area contributed by atoms with Crippen LogP contribution in [0.5, 0.6) is 0 Å². The molecule has 1 amide bonds. The molecule has 0 heterocycles. The zero-order valence-corrected chi connectivity index (χ0v) is 9.47. The molecular formula is C12H15N3O. The summed E-state index contributed by atoms with van der Waals surface area (Å²) in [5, 5.41) is 8.65. The molecule has 0 spiro atoms. The van der Waals surface area contributed by atoms with Crippen molar-refractivity contribution < 1.29 is 4.79 Å². The topological polar surface area (TPSA) is 70.1 Å². The van der Waals surface area contributed by atoms with Crippen molar-refractivity contribution in [1.29, 1.82) is 5.26 Å². The third kappa shape index (κ3) is 2.59. The summed E-state index contributed by atoms with van der Waals surface area (Å²) in [5.41, 5.74) is 6.98. The third-order valence-corrected chi connectivity index (χ3v) is 2.47. The molecule has 2 N–H and O–H groups in total. The normalized spacial score (nSPS) is 11.6. The molecule has 4 nitrogen and oxygen atoms in total. The van der Waals surface area contributed by atoms with Gasteiger partial charge in [-0.05, 0) is 30.7 Å². The number of likely N-dealkylation sites (N-methyl/N-ethyl adjacent to an activating group) is 1. The van der Waals surface area contributed by atoms with Crippen LogP contribution in [0.25, 0.3) is 0 Å². The molecule has 0 radical (unpaired) electrons. The molecule has 4 heteroatoms. The largest absolute Gasteiger partial charge is 0.320 e. The quantitative estimate of drug-likeness (QED) is 0.828. The summed E-state index contributed by atoms with van der Waals surface area (Å²) >= 11 is 0. The van der Waals surface area contributed by atoms with Gasteiger partial charge in [-0.3, -0.25) is 4.79 Å². The van der Waals surface area contributed by atoms with E-state index in [2.05, 4.69) is 0 Å². The van der Waals surface area contributed by atoms with Crippen LogP contribution >= 0.6 is 0 Å². The number of benzene rings is 1. The first-order valence-corrected chi connectivity index (χ1v) is 5.13. The van der Waals surface area contributed by atoms with Gasteiger partial charge < -0.3 is 10.6 Å². The Labute approximate surface area is 95.3 Å². The highest BCUT2D eigenvalue weighted by molar-refractivity contribution is 5.96. The highest BCUT2D eigenvalue weighted by Gasteiger charge is 2.17. The van der Waals surface area contributed by atoms with E-state index in [1.807, 2.05) is 13.0 Å². The predicted octanol–water partition coefficient (Wildman–Crippen LogP) is 1.26. The lowest BCUT2D eigenvalue weighted by Crippen LogP contribution is -2.41. The van der Waals surface area contributed by atoms with E-state index >= 15 is 0 Å². The van der Waals surface area contributed by atoms with Crippen LogP contribution in [0.15, 0.2) is 24.3 Å². The average molecular weight is 217 g/mol. The second-order valence-corrected chi connectivity index (χ2v) is 3.57. The molecule has 0 unspecified atom stereocenters. The van der Waals surface area contributed by atoms with Gasteiger partial charge in [0.2, 0.25) is 5.91 Å². The van der Waals surface area contributed by atoms with E-state index < -0.39 is 6.04 Å². The van der Waals surface area contributed by atoms with Crippen LogP contribution in [0.2, 0.25) is 0 Å². The summed E-state index contributed by atoms with van der Waals surface area (Å²) in [6.45, 7) is 1.87. The molecule has 0 bridgehead atoms. The molecule has 1 aromatic rings. The van der Waals surface area contributed by atoms with E-state index in [1.54, 1.807) is 31.3 Å². The molecule has 0 aromatic heterocycles. The molecule has 1 aromatic carbocycles. The summed E-state index contributed by atoms with van der Waals surface area (Å²) < 4.78 is 0. The number of rotatable bonds is 3. The minimum Gasteiger partial charge on any atom is -0.320 e. The Morgan fingerprint density at radius 3 is 2.50 bits per heavy atom. The molecular weight excluding hydrogens is 202 g/mol. The molecule has 0 aliphatic rings. The number of nitrogens with two attached hydrogens (primary N) is 1. The second kappa shape index (κ2) is 5.29. The first-order chi connectivity index (χ1) is 7.60. The lowest BCUT2D eigenvalue weighted by atomic mass is 10.2. The van der Waals surface area contributed by atoms with Gasteiger partial charge in [-0.25, -0.2) is 0 Å². The summed E-state index contributed by atoms with van der Waals surface area (Å²) in [4.78, 5) is 13.3. The van der Waals surface area contributed by atoms with Crippen LogP contribution in [0.1, 0.15) is 18.9 Å². The third-order valence-electron chi connectivity index (χ3n) is 2.47. The molecule has 0 aliphatic heterocycles. The zero-order valence-electron chi connectivity index (χ0n) is 9.47. The number of hydrogen-bond donors (Lipinski definition) is 1. The van der Waals surface area contributed by atoms with Gasteiger partial charge in [-0.15, -0.1) is 0 Å². The van der Waals surface area contributed by atoms with Crippen molar-refractivity contribution in [1.82, 2.24) is 0 Å². The van der Waals surface area contributed by atoms with Gasteiger partial charge >= 0.3 is 0 Å². The smallest absolute Gasteiger partial charge is 0.243 e. The fourth-order valence-electron chi connectivity index (χ4n) is 1.31. The maximum atomic E-state index is 11.8. The van der Waals surface area contributed by atoms with Gasteiger partial charge in [0.25, 0.3) is 0 Å². The highest BCUT2D eigenvalue weighted by Crippen LogP contribution is 2.14. The first kappa shape index (κ1) is 12.2. The zero-order chi connectivity index (χ0) is 12.1. The number of amides is 1. The lowest BCUT2D eigenvalue weighted by Gasteiger charge is -2.20. The first-order valence-electron chi connectivity index (χ1n) is 5.13. The maximum absolute atomic E-state index is 11.8. The Morgan fingerprint density at radius 2 is 2.06 bits per heavy atom. The number of carbonyl (C=O) groups is 1. The summed E-state index contributed by atoms with van der Waals surface area (Å²) in [5.74, 6) is -0.118. The predicted molar refractivity (Wildman–Crippen MR) is 62.8 cm³/mol. The van der Waals surface area contributed by atoms with E-state index in [-0.39, 0.29) is 5.91 Å². The lowest BCUT2D eigenvalue weighted by molar-refractivity contribution is -0.119. The number of nitriles is 1. The average Bonchev–Trinajstić information content (AvgIpc) is 2.36. The van der Waals surface area contributed by atoms with Crippen molar-refractivity contribution in [3.63, 3.8) is 0 Å². The Kier molecular flexibility index (Phi) is 4.03. The Hall–Kier alpha value is -1.86. The van der Waals surface area contributed by atoms with Gasteiger partial charge in [0.05, 0.1) is 17.7 Å². The van der Waals surface area contributed by atoms with Gasteiger partial charge in [0, 0.05) is 12.7 Å². The van der Waals surface area contributed by atoms with Crippen LogP contribution in [0, 0.1) is 11.3 Å². The van der Waals surface area contributed by atoms with Gasteiger partial charge in [0.1, 0.15) is 0 Å². The van der Waals surface area contributed by atoms with E-state index in [4.69, 9.17) is 11.0 Å². The SMILES string of the molecule is CC[C@@H](N)C(=O)N(C)c1ccc(C#N)cc1. The van der Waals surface area contributed by atoms with Crippen LogP contribution in [0.4, 0.5) is 5.69 Å². The Morgan fingerprint density at radius 1 is 1.50 bits per heavy atom. The number of hydrogen-bond acceptors (Lipinski definition) is 3.